The van der Waals surface area contributed by atoms with Crippen LogP contribution in [-0.4, -0.2) is 11.5 Å². The third kappa shape index (κ3) is 4.58. The molecule has 0 unspecified atom stereocenters. The van der Waals surface area contributed by atoms with E-state index >= 15 is 0 Å². The lowest BCUT2D eigenvalue weighted by Gasteiger charge is -2.10. The van der Waals surface area contributed by atoms with E-state index in [0.717, 1.165) is 32.4 Å². The van der Waals surface area contributed by atoms with Gasteiger partial charge in [-0.3, -0.25) is 5.41 Å². The molecule has 0 aliphatic rings. The zero-order valence-corrected chi connectivity index (χ0v) is 17.3. The Morgan fingerprint density at radius 3 is 1.66 bits per heavy atom. The van der Waals surface area contributed by atoms with Crippen molar-refractivity contribution < 1.29 is 0 Å². The Balaban J connectivity index is 1.73. The summed E-state index contributed by atoms with van der Waals surface area (Å²) in [6.45, 7) is 0. The fourth-order valence-electron chi connectivity index (χ4n) is 3.13. The fourth-order valence-corrected chi connectivity index (χ4v) is 3.39. The first-order valence-corrected chi connectivity index (χ1v) is 10.1. The summed E-state index contributed by atoms with van der Waals surface area (Å²) in [5.74, 6) is 0.239. The maximum absolute atomic E-state index is 8.50. The monoisotopic (exact) mass is 438 g/mol. The van der Waals surface area contributed by atoms with Crippen molar-refractivity contribution in [3.05, 3.63) is 130 Å². The molecule has 2 nitrogen and oxygen atoms in total. The molecule has 1 N–H and O–H groups in total. The summed E-state index contributed by atoms with van der Waals surface area (Å²) >= 11 is 3.44. The van der Waals surface area contributed by atoms with Gasteiger partial charge in [-0.2, -0.15) is 0 Å². The number of aliphatic imine (C=N–C) groups is 1. The molecule has 140 valence electrons. The van der Waals surface area contributed by atoms with Crippen molar-refractivity contribution in [1.82, 2.24) is 0 Å². The molecule has 0 aliphatic carbocycles. The van der Waals surface area contributed by atoms with Crippen LogP contribution in [0, 0.1) is 5.41 Å². The number of rotatable bonds is 4. The average Bonchev–Trinajstić information content (AvgIpc) is 2.79. The summed E-state index contributed by atoms with van der Waals surface area (Å²) in [5, 5.41) is 8.50. The lowest BCUT2D eigenvalue weighted by Crippen LogP contribution is -2.08. The molecule has 4 aromatic rings. The largest absolute Gasteiger partial charge is 0.282 e. The predicted octanol–water partition coefficient (Wildman–Crippen LogP) is 6.98. The van der Waals surface area contributed by atoms with Crippen molar-refractivity contribution in [3.8, 4) is 11.1 Å². The van der Waals surface area contributed by atoms with Crippen LogP contribution >= 0.6 is 15.9 Å². The van der Waals surface area contributed by atoms with E-state index in [4.69, 9.17) is 10.4 Å². The van der Waals surface area contributed by atoms with E-state index in [0.29, 0.717) is 0 Å². The van der Waals surface area contributed by atoms with Gasteiger partial charge >= 0.3 is 0 Å². The predicted molar refractivity (Wildman–Crippen MR) is 125 cm³/mol. The van der Waals surface area contributed by atoms with Crippen LogP contribution in [0.15, 0.2) is 119 Å². The highest BCUT2D eigenvalue weighted by atomic mass is 79.9. The second-order valence-corrected chi connectivity index (χ2v) is 7.54. The van der Waals surface area contributed by atoms with E-state index < -0.39 is 0 Å². The molecule has 0 aliphatic heterocycles. The van der Waals surface area contributed by atoms with E-state index in [1.807, 2.05) is 72.8 Å². The van der Waals surface area contributed by atoms with Gasteiger partial charge < -0.3 is 0 Å². The Labute approximate surface area is 179 Å². The van der Waals surface area contributed by atoms with Crippen molar-refractivity contribution in [1.29, 1.82) is 5.41 Å². The van der Waals surface area contributed by atoms with Gasteiger partial charge in [-0.15, -0.1) is 0 Å². The normalized spacial score (nSPS) is 11.3. The van der Waals surface area contributed by atoms with Crippen molar-refractivity contribution in [2.45, 2.75) is 0 Å². The Kier molecular flexibility index (Phi) is 5.78. The zero-order chi connectivity index (χ0) is 20.1. The molecule has 0 aromatic heterocycles. The van der Waals surface area contributed by atoms with Gasteiger partial charge in [-0.05, 0) is 23.3 Å². The molecule has 4 aromatic carbocycles. The maximum Gasteiger partial charge on any atom is 0.152 e. The minimum absolute atomic E-state index is 0.239. The first kappa shape index (κ1) is 19.0. The Morgan fingerprint density at radius 1 is 0.552 bits per heavy atom. The van der Waals surface area contributed by atoms with E-state index in [1.165, 1.54) is 5.56 Å². The minimum atomic E-state index is 0.239. The fraction of sp³-hybridized carbons (Fsp3) is 0. The Hall–Kier alpha value is -3.30. The molecular formula is C26H19BrN2. The third-order valence-electron chi connectivity index (χ3n) is 4.65. The van der Waals surface area contributed by atoms with Gasteiger partial charge in [0, 0.05) is 21.2 Å². The van der Waals surface area contributed by atoms with Crippen LogP contribution in [0.1, 0.15) is 16.7 Å². The molecule has 0 amide bonds. The van der Waals surface area contributed by atoms with Crippen LogP contribution in [0.25, 0.3) is 11.1 Å². The number of nitrogens with one attached hydrogen (secondary N) is 1. The summed E-state index contributed by atoms with van der Waals surface area (Å²) in [7, 11) is 0. The van der Waals surface area contributed by atoms with Crippen molar-refractivity contribution in [2.75, 3.05) is 0 Å². The van der Waals surface area contributed by atoms with Crippen molar-refractivity contribution in [2.24, 2.45) is 4.99 Å². The van der Waals surface area contributed by atoms with Gasteiger partial charge in [0.15, 0.2) is 5.84 Å². The first-order valence-electron chi connectivity index (χ1n) is 9.35. The molecular weight excluding hydrogens is 420 g/mol. The molecule has 0 fully saturated rings. The van der Waals surface area contributed by atoms with Crippen molar-refractivity contribution >= 4 is 27.5 Å². The summed E-state index contributed by atoms with van der Waals surface area (Å²) in [6, 6.07) is 36.3. The highest BCUT2D eigenvalue weighted by Gasteiger charge is 2.10. The smallest absolute Gasteiger partial charge is 0.152 e. The summed E-state index contributed by atoms with van der Waals surface area (Å²) in [4.78, 5) is 4.70. The molecule has 0 atom stereocenters. The topological polar surface area (TPSA) is 36.2 Å². The minimum Gasteiger partial charge on any atom is -0.282 e. The molecule has 0 bridgehead atoms. The van der Waals surface area contributed by atoms with Crippen LogP contribution in [0.5, 0.6) is 0 Å². The van der Waals surface area contributed by atoms with Crippen LogP contribution < -0.4 is 0 Å². The Morgan fingerprint density at radius 2 is 1.03 bits per heavy atom. The van der Waals surface area contributed by atoms with Crippen molar-refractivity contribution in [3.63, 3.8) is 0 Å². The van der Waals surface area contributed by atoms with Gasteiger partial charge in [0.1, 0.15) is 0 Å². The highest BCUT2D eigenvalue weighted by molar-refractivity contribution is 9.10. The molecule has 0 heterocycles. The molecule has 0 spiro atoms. The number of benzene rings is 4. The number of halogens is 1. The average molecular weight is 439 g/mol. The number of hydrogen-bond donors (Lipinski definition) is 1. The summed E-state index contributed by atoms with van der Waals surface area (Å²) in [5.41, 5.74) is 5.88. The quantitative estimate of drug-likeness (QED) is 0.263. The van der Waals surface area contributed by atoms with Gasteiger partial charge in [0.2, 0.25) is 0 Å². The molecule has 0 saturated carbocycles. The number of nitrogens with zero attached hydrogens (tertiary/aromatic N) is 1. The van der Waals surface area contributed by atoms with E-state index in [-0.39, 0.29) is 5.84 Å². The van der Waals surface area contributed by atoms with Crippen LogP contribution in [-0.2, 0) is 0 Å². The highest BCUT2D eigenvalue weighted by Crippen LogP contribution is 2.21. The molecule has 29 heavy (non-hydrogen) atoms. The van der Waals surface area contributed by atoms with Crippen LogP contribution in [0.4, 0.5) is 0 Å². The first-order chi connectivity index (χ1) is 14.2. The van der Waals surface area contributed by atoms with Gasteiger partial charge in [0.25, 0.3) is 0 Å². The Bertz CT molecular complexity index is 1130. The van der Waals surface area contributed by atoms with Crippen LogP contribution in [0.2, 0.25) is 0 Å². The lowest BCUT2D eigenvalue weighted by atomic mass is 9.98. The summed E-state index contributed by atoms with van der Waals surface area (Å²) < 4.78 is 0.984. The molecule has 0 radical (unpaired) electrons. The summed E-state index contributed by atoms with van der Waals surface area (Å²) in [6.07, 6.45) is 0. The van der Waals surface area contributed by atoms with E-state index in [2.05, 4.69) is 52.3 Å². The molecule has 4 rings (SSSR count). The third-order valence-corrected chi connectivity index (χ3v) is 5.18. The SMILES string of the molecule is N=C(/N=C(\c1ccccc1)c1ccc(-c2ccccc2)cc1)c1ccc(Br)cc1. The lowest BCUT2D eigenvalue weighted by molar-refractivity contribution is 1.40. The van der Waals surface area contributed by atoms with Crippen LogP contribution in [0.3, 0.4) is 0 Å². The number of amidine groups is 1. The molecule has 3 heteroatoms. The second kappa shape index (κ2) is 8.80. The standard InChI is InChI=1S/C26H19BrN2/c27-24-17-15-23(16-18-24)26(28)29-25(21-9-5-2-6-10-21)22-13-11-20(12-14-22)19-7-3-1-4-8-19/h1-18,28H/b28-26?,29-25+. The van der Waals surface area contributed by atoms with Gasteiger partial charge in [-0.25, -0.2) is 4.99 Å². The second-order valence-electron chi connectivity index (χ2n) is 6.63. The molecule has 0 saturated heterocycles. The van der Waals surface area contributed by atoms with Gasteiger partial charge in [-0.1, -0.05) is 113 Å². The van der Waals surface area contributed by atoms with Gasteiger partial charge in [0.05, 0.1) is 5.71 Å². The zero-order valence-electron chi connectivity index (χ0n) is 15.7. The van der Waals surface area contributed by atoms with E-state index in [9.17, 15) is 0 Å². The number of hydrogen-bond acceptors (Lipinski definition) is 1. The van der Waals surface area contributed by atoms with E-state index in [1.54, 1.807) is 0 Å². The maximum atomic E-state index is 8.50.